The van der Waals surface area contributed by atoms with Crippen LogP contribution in [0.4, 0.5) is 13.2 Å². The standard InChI is InChI=1S/C13H17F3N2/c14-13(15,16)10-4-7-18-8-11(10)12(9-17)5-2-1-3-6-12/h4,7-8H,1-3,5-6,9,17H2. The van der Waals surface area contributed by atoms with E-state index in [9.17, 15) is 13.2 Å². The molecule has 5 heteroatoms. The van der Waals surface area contributed by atoms with Gasteiger partial charge in [-0.25, -0.2) is 0 Å². The average molecular weight is 258 g/mol. The van der Waals surface area contributed by atoms with Gasteiger partial charge in [-0.15, -0.1) is 0 Å². The van der Waals surface area contributed by atoms with Crippen LogP contribution in [0.3, 0.4) is 0 Å². The zero-order valence-electron chi connectivity index (χ0n) is 10.1. The minimum absolute atomic E-state index is 0.252. The highest BCUT2D eigenvalue weighted by molar-refractivity contribution is 5.34. The summed E-state index contributed by atoms with van der Waals surface area (Å²) in [6, 6.07) is 1.06. The Morgan fingerprint density at radius 2 is 1.89 bits per heavy atom. The van der Waals surface area contributed by atoms with Crippen molar-refractivity contribution < 1.29 is 13.2 Å². The van der Waals surface area contributed by atoms with Crippen molar-refractivity contribution in [3.8, 4) is 0 Å². The van der Waals surface area contributed by atoms with Crippen LogP contribution < -0.4 is 5.73 Å². The summed E-state index contributed by atoms with van der Waals surface area (Å²) in [4.78, 5) is 3.87. The van der Waals surface area contributed by atoms with Gasteiger partial charge in [0.25, 0.3) is 0 Å². The van der Waals surface area contributed by atoms with E-state index in [2.05, 4.69) is 4.98 Å². The summed E-state index contributed by atoms with van der Waals surface area (Å²) in [5.74, 6) is 0. The van der Waals surface area contributed by atoms with Gasteiger partial charge in [-0.05, 0) is 24.5 Å². The van der Waals surface area contributed by atoms with Crippen molar-refractivity contribution in [1.29, 1.82) is 0 Å². The van der Waals surface area contributed by atoms with Gasteiger partial charge in [0.2, 0.25) is 0 Å². The predicted octanol–water partition coefficient (Wildman–Crippen LogP) is 3.26. The summed E-state index contributed by atoms with van der Waals surface area (Å²) in [6.45, 7) is 0.252. The Kier molecular flexibility index (Phi) is 3.61. The lowest BCUT2D eigenvalue weighted by molar-refractivity contribution is -0.139. The van der Waals surface area contributed by atoms with E-state index >= 15 is 0 Å². The quantitative estimate of drug-likeness (QED) is 0.884. The molecule has 1 aliphatic carbocycles. The molecule has 2 rings (SSSR count). The Bertz CT molecular complexity index is 409. The lowest BCUT2D eigenvalue weighted by Crippen LogP contribution is -2.39. The van der Waals surface area contributed by atoms with Crippen molar-refractivity contribution in [2.75, 3.05) is 6.54 Å². The van der Waals surface area contributed by atoms with E-state index < -0.39 is 17.2 Å². The highest BCUT2D eigenvalue weighted by Gasteiger charge is 2.41. The summed E-state index contributed by atoms with van der Waals surface area (Å²) < 4.78 is 39.1. The Balaban J connectivity index is 2.48. The maximum Gasteiger partial charge on any atom is 0.416 e. The fourth-order valence-electron chi connectivity index (χ4n) is 2.88. The Morgan fingerprint density at radius 3 is 2.44 bits per heavy atom. The Morgan fingerprint density at radius 1 is 1.22 bits per heavy atom. The van der Waals surface area contributed by atoms with Gasteiger partial charge in [-0.2, -0.15) is 13.2 Å². The van der Waals surface area contributed by atoms with Gasteiger partial charge in [-0.1, -0.05) is 19.3 Å². The highest BCUT2D eigenvalue weighted by atomic mass is 19.4. The molecule has 1 saturated carbocycles. The molecule has 0 unspecified atom stereocenters. The number of hydrogen-bond donors (Lipinski definition) is 1. The minimum Gasteiger partial charge on any atom is -0.330 e. The number of halogens is 3. The first-order valence-electron chi connectivity index (χ1n) is 6.21. The van der Waals surface area contributed by atoms with Gasteiger partial charge in [0, 0.05) is 24.4 Å². The molecule has 1 aromatic heterocycles. The summed E-state index contributed by atoms with van der Waals surface area (Å²) in [7, 11) is 0. The molecular weight excluding hydrogens is 241 g/mol. The zero-order chi connectivity index (χ0) is 13.2. The van der Waals surface area contributed by atoms with Crippen LogP contribution in [0, 0.1) is 0 Å². The molecule has 1 heterocycles. The van der Waals surface area contributed by atoms with E-state index in [0.29, 0.717) is 0 Å². The third kappa shape index (κ3) is 2.36. The number of hydrogen-bond acceptors (Lipinski definition) is 2. The summed E-state index contributed by atoms with van der Waals surface area (Å²) in [5, 5.41) is 0. The molecule has 0 saturated heterocycles. The third-order valence-electron chi connectivity index (χ3n) is 3.90. The van der Waals surface area contributed by atoms with Gasteiger partial charge in [0.05, 0.1) is 5.56 Å². The summed E-state index contributed by atoms with van der Waals surface area (Å²) >= 11 is 0. The number of alkyl halides is 3. The average Bonchev–Trinajstić information content (AvgIpc) is 2.38. The third-order valence-corrected chi connectivity index (χ3v) is 3.90. The number of pyridine rings is 1. The largest absolute Gasteiger partial charge is 0.416 e. The summed E-state index contributed by atoms with van der Waals surface area (Å²) in [6.07, 6.45) is 2.59. The van der Waals surface area contributed by atoms with Crippen LogP contribution in [0.2, 0.25) is 0 Å². The first-order valence-corrected chi connectivity index (χ1v) is 6.21. The van der Waals surface area contributed by atoms with Crippen molar-refractivity contribution in [2.24, 2.45) is 5.73 Å². The van der Waals surface area contributed by atoms with Crippen LogP contribution in [0.25, 0.3) is 0 Å². The van der Waals surface area contributed by atoms with Gasteiger partial charge < -0.3 is 5.73 Å². The fraction of sp³-hybridized carbons (Fsp3) is 0.615. The molecule has 1 aliphatic rings. The molecule has 0 radical (unpaired) electrons. The molecule has 0 atom stereocenters. The van der Waals surface area contributed by atoms with Crippen molar-refractivity contribution in [3.05, 3.63) is 29.6 Å². The molecule has 0 bridgehead atoms. The van der Waals surface area contributed by atoms with E-state index in [0.717, 1.165) is 38.2 Å². The van der Waals surface area contributed by atoms with Crippen molar-refractivity contribution in [1.82, 2.24) is 4.98 Å². The van der Waals surface area contributed by atoms with Crippen LogP contribution >= 0.6 is 0 Å². The molecule has 1 fully saturated rings. The molecule has 100 valence electrons. The highest BCUT2D eigenvalue weighted by Crippen LogP contribution is 2.43. The molecule has 18 heavy (non-hydrogen) atoms. The number of nitrogens with zero attached hydrogens (tertiary/aromatic N) is 1. The number of rotatable bonds is 2. The number of nitrogens with two attached hydrogens (primary N) is 1. The summed E-state index contributed by atoms with van der Waals surface area (Å²) in [5.41, 5.74) is 4.94. The van der Waals surface area contributed by atoms with Gasteiger partial charge in [-0.3, -0.25) is 4.98 Å². The van der Waals surface area contributed by atoms with Crippen LogP contribution in [0.1, 0.15) is 43.2 Å². The minimum atomic E-state index is -4.34. The lowest BCUT2D eigenvalue weighted by Gasteiger charge is -2.38. The van der Waals surface area contributed by atoms with Crippen molar-refractivity contribution >= 4 is 0 Å². The smallest absolute Gasteiger partial charge is 0.330 e. The van der Waals surface area contributed by atoms with E-state index in [1.165, 1.54) is 12.4 Å². The molecule has 2 N–H and O–H groups in total. The zero-order valence-corrected chi connectivity index (χ0v) is 10.1. The van der Waals surface area contributed by atoms with Crippen LogP contribution in [-0.4, -0.2) is 11.5 Å². The molecule has 2 nitrogen and oxygen atoms in total. The number of aromatic nitrogens is 1. The lowest BCUT2D eigenvalue weighted by atomic mass is 9.68. The Hall–Kier alpha value is -1.10. The predicted molar refractivity (Wildman–Crippen MR) is 63.1 cm³/mol. The maximum atomic E-state index is 13.0. The first kappa shape index (κ1) is 13.3. The Labute approximate surface area is 104 Å². The molecule has 0 spiro atoms. The SMILES string of the molecule is NCC1(c2cnccc2C(F)(F)F)CCCCC1. The van der Waals surface area contributed by atoms with Crippen LogP contribution in [0.5, 0.6) is 0 Å². The molecule has 1 aromatic rings. The van der Waals surface area contributed by atoms with Crippen LogP contribution in [0.15, 0.2) is 18.5 Å². The second-order valence-corrected chi connectivity index (χ2v) is 4.96. The monoisotopic (exact) mass is 258 g/mol. The molecule has 0 aromatic carbocycles. The van der Waals surface area contributed by atoms with E-state index in [4.69, 9.17) is 5.73 Å². The topological polar surface area (TPSA) is 38.9 Å². The molecular formula is C13H17F3N2. The van der Waals surface area contributed by atoms with Gasteiger partial charge in [0.15, 0.2) is 0 Å². The van der Waals surface area contributed by atoms with Gasteiger partial charge >= 0.3 is 6.18 Å². The first-order chi connectivity index (χ1) is 8.49. The van der Waals surface area contributed by atoms with Crippen LogP contribution in [-0.2, 0) is 11.6 Å². The second kappa shape index (κ2) is 4.88. The van der Waals surface area contributed by atoms with Crippen molar-refractivity contribution in [3.63, 3.8) is 0 Å². The fourth-order valence-corrected chi connectivity index (χ4v) is 2.88. The van der Waals surface area contributed by atoms with Gasteiger partial charge in [0.1, 0.15) is 0 Å². The maximum absolute atomic E-state index is 13.0. The molecule has 0 amide bonds. The second-order valence-electron chi connectivity index (χ2n) is 4.96. The van der Waals surface area contributed by atoms with E-state index in [1.54, 1.807) is 0 Å². The van der Waals surface area contributed by atoms with E-state index in [-0.39, 0.29) is 12.1 Å². The van der Waals surface area contributed by atoms with Crippen molar-refractivity contribution in [2.45, 2.75) is 43.7 Å². The molecule has 0 aliphatic heterocycles. The normalized spacial score (nSPS) is 19.8. The van der Waals surface area contributed by atoms with E-state index in [1.807, 2.05) is 0 Å².